The van der Waals surface area contributed by atoms with E-state index in [9.17, 15) is 9.90 Å². The van der Waals surface area contributed by atoms with Crippen molar-refractivity contribution in [3.8, 4) is 0 Å². The maximum absolute atomic E-state index is 10.3. The van der Waals surface area contributed by atoms with Crippen LogP contribution in [-0.2, 0) is 24.3 Å². The number of halogens is 2. The molecule has 0 saturated carbocycles. The van der Waals surface area contributed by atoms with Gasteiger partial charge in [0.15, 0.2) is 0 Å². The fourth-order valence-electron chi connectivity index (χ4n) is 1.16. The van der Waals surface area contributed by atoms with Crippen LogP contribution in [0.4, 0.5) is 0 Å². The van der Waals surface area contributed by atoms with Crippen molar-refractivity contribution in [2.75, 3.05) is 10.2 Å². The summed E-state index contributed by atoms with van der Waals surface area (Å²) < 4.78 is 1.65. The minimum absolute atomic E-state index is 0. The first-order chi connectivity index (χ1) is 7.57. The molecule has 0 amide bonds. The van der Waals surface area contributed by atoms with Gasteiger partial charge in [-0.2, -0.15) is 0 Å². The molecular weight excluding hydrogens is 519 g/mol. The Morgan fingerprint density at radius 2 is 1.88 bits per heavy atom. The molecule has 0 aliphatic heterocycles. The molecule has 17 heavy (non-hydrogen) atoms. The van der Waals surface area contributed by atoms with E-state index in [2.05, 4.69) is 45.2 Å². The Morgan fingerprint density at radius 1 is 1.29 bits per heavy atom. The van der Waals surface area contributed by atoms with Gasteiger partial charge in [0.1, 0.15) is 5.44 Å². The van der Waals surface area contributed by atoms with E-state index in [0.29, 0.717) is 9.68 Å². The van der Waals surface area contributed by atoms with E-state index >= 15 is 0 Å². The number of carboxylic acid groups (broad SMARTS) is 1. The average molecular weight is 537 g/mol. The normalized spacial score (nSPS) is 13.8. The monoisotopic (exact) mass is 535 g/mol. The molecule has 0 aliphatic carbocycles. The van der Waals surface area contributed by atoms with Crippen LogP contribution in [0.25, 0.3) is 0 Å². The number of unbranched alkanes of at least 4 members (excludes halogenated alkanes) is 3. The molecule has 0 aromatic carbocycles. The molecule has 3 nitrogen and oxygen atoms in total. The first kappa shape index (κ1) is 21.2. The van der Waals surface area contributed by atoms with Crippen molar-refractivity contribution in [2.24, 2.45) is 0 Å². The van der Waals surface area contributed by atoms with E-state index in [1.54, 1.807) is 0 Å². The van der Waals surface area contributed by atoms with Gasteiger partial charge in [0.05, 0.1) is 5.97 Å². The first-order valence-electron chi connectivity index (χ1n) is 5.28. The summed E-state index contributed by atoms with van der Waals surface area (Å²) >= 11 is 5.74. The largest absolute Gasteiger partial charge is 2.00 e. The van der Waals surface area contributed by atoms with E-state index in [1.807, 2.05) is 0 Å². The van der Waals surface area contributed by atoms with Gasteiger partial charge in [0.25, 0.3) is 0 Å². The number of aliphatic hydroxyl groups excluding tert-OH is 1. The Bertz CT molecular complexity index is 198. The van der Waals surface area contributed by atoms with Gasteiger partial charge in [-0.1, -0.05) is 64.4 Å². The van der Waals surface area contributed by atoms with Gasteiger partial charge in [-0.25, -0.2) is 0 Å². The van der Waals surface area contributed by atoms with Crippen molar-refractivity contribution in [3.05, 3.63) is 0 Å². The zero-order valence-electron chi connectivity index (χ0n) is 9.74. The van der Waals surface area contributed by atoms with Crippen molar-refractivity contribution in [3.63, 3.8) is 0 Å². The number of carboxylic acids is 1. The number of hydrogen-bond acceptors (Lipinski definition) is 4. The number of hydrogen-bond donors (Lipinski definition) is 1. The summed E-state index contributed by atoms with van der Waals surface area (Å²) in [6, 6.07) is 0. The predicted octanol–water partition coefficient (Wildman–Crippen LogP) is 1.97. The van der Waals surface area contributed by atoms with Gasteiger partial charge in [-0.3, -0.25) is 0 Å². The molecule has 2 unspecified atom stereocenters. The van der Waals surface area contributed by atoms with Crippen LogP contribution in [0.2, 0.25) is 0 Å². The summed E-state index contributed by atoms with van der Waals surface area (Å²) in [6.45, 7) is 0. The zero-order valence-corrected chi connectivity index (χ0v) is 17.8. The third-order valence-electron chi connectivity index (χ3n) is 2.04. The van der Waals surface area contributed by atoms with E-state index in [4.69, 9.17) is 5.11 Å². The second-order valence-corrected chi connectivity index (χ2v) is 7.45. The van der Waals surface area contributed by atoms with E-state index in [1.165, 1.54) is 30.1 Å². The van der Waals surface area contributed by atoms with Crippen molar-refractivity contribution in [1.29, 1.82) is 0 Å². The number of rotatable bonds is 10. The minimum Gasteiger partial charge on any atom is -0.546 e. The molecule has 0 fully saturated rings. The smallest absolute Gasteiger partial charge is 0.546 e. The van der Waals surface area contributed by atoms with E-state index in [0.717, 1.165) is 18.2 Å². The molecule has 2 atom stereocenters. The van der Waals surface area contributed by atoms with Crippen LogP contribution in [0.1, 0.15) is 32.1 Å². The maximum Gasteiger partial charge on any atom is 2.00 e. The molecule has 0 aromatic heterocycles. The van der Waals surface area contributed by atoms with Crippen molar-refractivity contribution < 1.29 is 34.5 Å². The number of carbonyl (C=O) groups is 1. The van der Waals surface area contributed by atoms with Crippen LogP contribution in [0, 0.1) is 0 Å². The Balaban J connectivity index is 0. The Morgan fingerprint density at radius 3 is 2.41 bits per heavy atom. The number of carbonyl (C=O) groups excluding carboxylic acids is 1. The molecule has 0 aromatic rings. The maximum atomic E-state index is 10.3. The first-order valence-corrected chi connectivity index (χ1v) is 9.10. The van der Waals surface area contributed by atoms with Crippen molar-refractivity contribution in [2.45, 2.75) is 41.5 Å². The third kappa shape index (κ3) is 14.1. The number of aliphatic carboxylic acids is 1. The second-order valence-electron chi connectivity index (χ2n) is 3.49. The quantitative estimate of drug-likeness (QED) is 0.153. The SMILES string of the molecule is O=C([O-])C(O)SCC(I)CCCCCCI.[Zn+2]. The molecule has 0 radical (unpaired) electrons. The molecular formula is C10H17I2O3SZn+. The summed E-state index contributed by atoms with van der Waals surface area (Å²) in [5.41, 5.74) is -1.38. The average Bonchev–Trinajstić information content (AvgIpc) is 2.25. The molecule has 0 spiro atoms. The summed E-state index contributed by atoms with van der Waals surface area (Å²) in [5, 5.41) is 19.3. The number of alkyl halides is 2. The minimum atomic E-state index is -1.39. The molecule has 1 N–H and O–H groups in total. The van der Waals surface area contributed by atoms with Gasteiger partial charge in [-0.05, 0) is 17.3 Å². The number of thioether (sulfide) groups is 1. The fourth-order valence-corrected chi connectivity index (χ4v) is 3.46. The van der Waals surface area contributed by atoms with Crippen LogP contribution in [0.3, 0.4) is 0 Å². The van der Waals surface area contributed by atoms with Gasteiger partial charge in [0, 0.05) is 9.68 Å². The number of aliphatic hydroxyl groups is 1. The summed E-state index contributed by atoms with van der Waals surface area (Å²) in [5.74, 6) is -0.724. The molecule has 0 bridgehead atoms. The predicted molar refractivity (Wildman–Crippen MR) is 83.3 cm³/mol. The Labute approximate surface area is 147 Å². The molecule has 0 rings (SSSR count). The Hall–Kier alpha value is 1.86. The molecule has 7 heteroatoms. The molecule has 0 aliphatic rings. The zero-order chi connectivity index (χ0) is 12.4. The van der Waals surface area contributed by atoms with Gasteiger partial charge < -0.3 is 15.0 Å². The van der Waals surface area contributed by atoms with Crippen LogP contribution < -0.4 is 5.11 Å². The second kappa shape index (κ2) is 14.3. The Kier molecular flexibility index (Phi) is 17.8. The van der Waals surface area contributed by atoms with Crippen molar-refractivity contribution >= 4 is 62.9 Å². The molecule has 0 saturated heterocycles. The van der Waals surface area contributed by atoms with Crippen LogP contribution in [0.5, 0.6) is 0 Å². The standard InChI is InChI=1S/C10H18I2O3S.Zn/c11-6-4-2-1-3-5-8(12)7-16-10(15)9(13)14;/h8,10,15H,1-7H2,(H,13,14);/q;+2/p-1. The van der Waals surface area contributed by atoms with Crippen LogP contribution >= 0.6 is 56.9 Å². The van der Waals surface area contributed by atoms with E-state index < -0.39 is 11.4 Å². The topological polar surface area (TPSA) is 60.4 Å². The third-order valence-corrected chi connectivity index (χ3v) is 5.56. The fraction of sp³-hybridized carbons (Fsp3) is 0.900. The molecule has 96 valence electrons. The summed E-state index contributed by atoms with van der Waals surface area (Å²) in [4.78, 5) is 10.3. The van der Waals surface area contributed by atoms with Crippen molar-refractivity contribution in [1.82, 2.24) is 0 Å². The van der Waals surface area contributed by atoms with Crippen LogP contribution in [-0.4, -0.2) is 30.6 Å². The van der Waals surface area contributed by atoms with Crippen LogP contribution in [0.15, 0.2) is 0 Å². The molecule has 0 heterocycles. The summed E-state index contributed by atoms with van der Waals surface area (Å²) in [7, 11) is 0. The van der Waals surface area contributed by atoms with Gasteiger partial charge >= 0.3 is 19.5 Å². The summed E-state index contributed by atoms with van der Waals surface area (Å²) in [6.07, 6.45) is 6.09. The van der Waals surface area contributed by atoms with Gasteiger partial charge in [-0.15, -0.1) is 11.8 Å². The van der Waals surface area contributed by atoms with E-state index in [-0.39, 0.29) is 19.5 Å². The van der Waals surface area contributed by atoms with Gasteiger partial charge in [0.2, 0.25) is 0 Å².